The van der Waals surface area contributed by atoms with Crippen LogP contribution in [0.1, 0.15) is 23.7 Å². The van der Waals surface area contributed by atoms with Crippen molar-refractivity contribution < 1.29 is 0 Å². The van der Waals surface area contributed by atoms with Crippen molar-refractivity contribution in [2.75, 3.05) is 39.8 Å². The van der Waals surface area contributed by atoms with Crippen LogP contribution in [-0.4, -0.2) is 60.5 Å². The summed E-state index contributed by atoms with van der Waals surface area (Å²) in [6.07, 6.45) is 1.81. The molecule has 150 valence electrons. The second-order valence-electron chi connectivity index (χ2n) is 7.08. The summed E-state index contributed by atoms with van der Waals surface area (Å²) in [4.78, 5) is 13.7. The number of nitrogens with one attached hydrogen (secondary N) is 2. The highest BCUT2D eigenvalue weighted by atomic mass is 15.3. The first-order chi connectivity index (χ1) is 13.8. The number of guanidine groups is 1. The molecule has 0 aliphatic carbocycles. The van der Waals surface area contributed by atoms with E-state index >= 15 is 0 Å². The van der Waals surface area contributed by atoms with Crippen LogP contribution in [0.25, 0.3) is 0 Å². The Bertz CT molecular complexity index is 738. The first kappa shape index (κ1) is 20.3. The Morgan fingerprint density at radius 2 is 1.61 bits per heavy atom. The van der Waals surface area contributed by atoms with Crippen LogP contribution >= 0.6 is 0 Å². The molecule has 0 atom stereocenters. The first-order valence-electron chi connectivity index (χ1n) is 10.1. The Hall–Kier alpha value is -2.44. The molecule has 0 bridgehead atoms. The third kappa shape index (κ3) is 6.04. The van der Waals surface area contributed by atoms with E-state index in [0.717, 1.165) is 44.4 Å². The number of aromatic nitrogens is 1. The minimum atomic E-state index is 0.657. The lowest BCUT2D eigenvalue weighted by atomic mass is 10.1. The van der Waals surface area contributed by atoms with Gasteiger partial charge in [-0.15, -0.1) is 0 Å². The zero-order valence-electron chi connectivity index (χ0n) is 17.1. The number of rotatable bonds is 7. The molecule has 1 aliphatic rings. The number of nitrogens with zero attached hydrogens (tertiary/aromatic N) is 4. The minimum Gasteiger partial charge on any atom is -0.352 e. The van der Waals surface area contributed by atoms with Crippen molar-refractivity contribution in [2.24, 2.45) is 4.99 Å². The molecule has 6 heteroatoms. The Labute approximate surface area is 168 Å². The summed E-state index contributed by atoms with van der Waals surface area (Å²) in [6.45, 7) is 10.4. The van der Waals surface area contributed by atoms with Gasteiger partial charge in [-0.25, -0.2) is 0 Å². The summed E-state index contributed by atoms with van der Waals surface area (Å²) in [5, 5.41) is 6.76. The van der Waals surface area contributed by atoms with Crippen molar-refractivity contribution in [3.05, 3.63) is 65.5 Å². The predicted octanol–water partition coefficient (Wildman–Crippen LogP) is 2.08. The van der Waals surface area contributed by atoms with E-state index < -0.39 is 0 Å². The fourth-order valence-electron chi connectivity index (χ4n) is 3.47. The first-order valence-corrected chi connectivity index (χ1v) is 10.1. The van der Waals surface area contributed by atoms with Gasteiger partial charge in [-0.1, -0.05) is 37.3 Å². The number of piperazine rings is 1. The van der Waals surface area contributed by atoms with Crippen LogP contribution in [-0.2, 0) is 19.6 Å². The van der Waals surface area contributed by atoms with Crippen LogP contribution in [0.5, 0.6) is 0 Å². The minimum absolute atomic E-state index is 0.657. The number of benzene rings is 1. The fourth-order valence-corrected chi connectivity index (χ4v) is 3.47. The molecule has 1 fully saturated rings. The van der Waals surface area contributed by atoms with E-state index in [-0.39, 0.29) is 0 Å². The molecule has 0 saturated carbocycles. The summed E-state index contributed by atoms with van der Waals surface area (Å²) in [6, 6.07) is 14.6. The van der Waals surface area contributed by atoms with Crippen molar-refractivity contribution in [3.63, 3.8) is 0 Å². The molecule has 0 radical (unpaired) electrons. The Balaban J connectivity index is 1.52. The maximum absolute atomic E-state index is 4.34. The molecule has 0 spiro atoms. The van der Waals surface area contributed by atoms with E-state index in [9.17, 15) is 0 Å². The summed E-state index contributed by atoms with van der Waals surface area (Å²) in [7, 11) is 1.80. The molecule has 1 saturated heterocycles. The van der Waals surface area contributed by atoms with Crippen LogP contribution in [0.15, 0.2) is 53.7 Å². The maximum atomic E-state index is 4.34. The van der Waals surface area contributed by atoms with E-state index in [2.05, 4.69) is 61.6 Å². The second kappa shape index (κ2) is 10.8. The van der Waals surface area contributed by atoms with Crippen molar-refractivity contribution in [3.8, 4) is 0 Å². The van der Waals surface area contributed by atoms with Gasteiger partial charge in [0.2, 0.25) is 0 Å². The van der Waals surface area contributed by atoms with Crippen LogP contribution < -0.4 is 10.6 Å². The van der Waals surface area contributed by atoms with E-state index in [0.29, 0.717) is 6.54 Å². The van der Waals surface area contributed by atoms with Crippen LogP contribution in [0.3, 0.4) is 0 Å². The maximum Gasteiger partial charge on any atom is 0.191 e. The van der Waals surface area contributed by atoms with Gasteiger partial charge in [-0.2, -0.15) is 0 Å². The summed E-state index contributed by atoms with van der Waals surface area (Å²) < 4.78 is 0. The molecule has 0 unspecified atom stereocenters. The topological polar surface area (TPSA) is 55.8 Å². The molecule has 2 heterocycles. The molecule has 3 rings (SSSR count). The molecule has 1 aromatic heterocycles. The Kier molecular flexibility index (Phi) is 7.82. The van der Waals surface area contributed by atoms with E-state index in [1.807, 2.05) is 24.4 Å². The molecule has 2 aromatic rings. The molecule has 0 amide bonds. The summed E-state index contributed by atoms with van der Waals surface area (Å²) in [5.74, 6) is 0.789. The Morgan fingerprint density at radius 1 is 0.929 bits per heavy atom. The highest BCUT2D eigenvalue weighted by Crippen LogP contribution is 2.13. The summed E-state index contributed by atoms with van der Waals surface area (Å²) in [5.41, 5.74) is 3.71. The van der Waals surface area contributed by atoms with Gasteiger partial charge in [0.05, 0.1) is 12.2 Å². The lowest BCUT2D eigenvalue weighted by molar-refractivity contribution is 0.131. The summed E-state index contributed by atoms with van der Waals surface area (Å²) >= 11 is 0. The normalized spacial score (nSPS) is 16.1. The third-order valence-electron chi connectivity index (χ3n) is 5.26. The highest BCUT2D eigenvalue weighted by molar-refractivity contribution is 5.79. The van der Waals surface area contributed by atoms with Crippen molar-refractivity contribution in [1.82, 2.24) is 25.4 Å². The smallest absolute Gasteiger partial charge is 0.191 e. The van der Waals surface area contributed by atoms with Gasteiger partial charge < -0.3 is 15.5 Å². The average molecular weight is 381 g/mol. The van der Waals surface area contributed by atoms with E-state index in [4.69, 9.17) is 0 Å². The lowest BCUT2D eigenvalue weighted by Gasteiger charge is -2.34. The second-order valence-corrected chi connectivity index (χ2v) is 7.08. The zero-order valence-corrected chi connectivity index (χ0v) is 17.1. The van der Waals surface area contributed by atoms with Crippen molar-refractivity contribution in [2.45, 2.75) is 26.6 Å². The highest BCUT2D eigenvalue weighted by Gasteiger charge is 2.16. The predicted molar refractivity (Wildman–Crippen MR) is 115 cm³/mol. The van der Waals surface area contributed by atoms with Gasteiger partial charge in [-0.3, -0.25) is 14.9 Å². The Morgan fingerprint density at radius 3 is 2.29 bits per heavy atom. The van der Waals surface area contributed by atoms with Crippen LogP contribution in [0.4, 0.5) is 0 Å². The molecule has 1 aliphatic heterocycles. The fraction of sp³-hybridized carbons (Fsp3) is 0.455. The van der Waals surface area contributed by atoms with Gasteiger partial charge in [-0.05, 0) is 29.8 Å². The van der Waals surface area contributed by atoms with E-state index in [1.54, 1.807) is 7.05 Å². The molecule has 28 heavy (non-hydrogen) atoms. The SMILES string of the molecule is CCN1CCN(Cc2ccccc2CNC(=NC)NCc2ccccn2)CC1. The number of hydrogen-bond donors (Lipinski definition) is 2. The van der Waals surface area contributed by atoms with Crippen molar-refractivity contribution in [1.29, 1.82) is 0 Å². The quantitative estimate of drug-likeness (QED) is 0.569. The zero-order chi connectivity index (χ0) is 19.6. The number of hydrogen-bond acceptors (Lipinski definition) is 4. The molecule has 1 aromatic carbocycles. The third-order valence-corrected chi connectivity index (χ3v) is 5.26. The lowest BCUT2D eigenvalue weighted by Crippen LogP contribution is -2.45. The van der Waals surface area contributed by atoms with Crippen LogP contribution in [0, 0.1) is 0 Å². The van der Waals surface area contributed by atoms with Crippen molar-refractivity contribution >= 4 is 5.96 Å². The van der Waals surface area contributed by atoms with Gasteiger partial charge in [0.15, 0.2) is 5.96 Å². The number of pyridine rings is 1. The molecule has 6 nitrogen and oxygen atoms in total. The monoisotopic (exact) mass is 380 g/mol. The molecule has 2 N–H and O–H groups in total. The number of likely N-dealkylation sites (N-methyl/N-ethyl adjacent to an activating group) is 1. The molecular formula is C22H32N6. The van der Waals surface area contributed by atoms with Gasteiger partial charge in [0, 0.05) is 52.5 Å². The largest absolute Gasteiger partial charge is 0.352 e. The average Bonchev–Trinajstić information content (AvgIpc) is 2.76. The van der Waals surface area contributed by atoms with Crippen LogP contribution in [0.2, 0.25) is 0 Å². The van der Waals surface area contributed by atoms with Gasteiger partial charge in [0.25, 0.3) is 0 Å². The van der Waals surface area contributed by atoms with E-state index in [1.165, 1.54) is 24.2 Å². The van der Waals surface area contributed by atoms with Gasteiger partial charge in [0.1, 0.15) is 0 Å². The molecular weight excluding hydrogens is 348 g/mol. The standard InChI is InChI=1S/C22H32N6/c1-3-27-12-14-28(15-13-27)18-20-9-5-4-8-19(20)16-25-22(23-2)26-17-21-10-6-7-11-24-21/h4-11H,3,12-18H2,1-2H3,(H2,23,25,26). The number of aliphatic imine (C=N–C) groups is 1. The van der Waals surface area contributed by atoms with Gasteiger partial charge >= 0.3 is 0 Å².